The largest absolute Gasteiger partial charge is 0.480 e. The highest BCUT2D eigenvalue weighted by Crippen LogP contribution is 2.16. The van der Waals surface area contributed by atoms with Gasteiger partial charge in [-0.25, -0.2) is 0 Å². The van der Waals surface area contributed by atoms with Crippen molar-refractivity contribution in [1.82, 2.24) is 19.8 Å². The fourth-order valence-electron chi connectivity index (χ4n) is 1.61. The molecule has 0 bridgehead atoms. The van der Waals surface area contributed by atoms with Gasteiger partial charge >= 0.3 is 0 Å². The maximum Gasteiger partial charge on any atom is 0.250 e. The lowest BCUT2D eigenvalue weighted by Crippen LogP contribution is -2.01. The van der Waals surface area contributed by atoms with Crippen molar-refractivity contribution in [2.24, 2.45) is 0 Å². The maximum atomic E-state index is 5.08. The van der Waals surface area contributed by atoms with Gasteiger partial charge < -0.3 is 10.1 Å². The highest BCUT2D eigenvalue weighted by molar-refractivity contribution is 5.55. The molecule has 6 heteroatoms. The standard InChI is InChI=1S/C12H11N5O/c1-18-11-8-7-10-14-15-12(17(10)16-11)13-9-5-3-2-4-6-9/h2-8H,1H3,(H,13,15). The molecule has 2 heterocycles. The van der Waals surface area contributed by atoms with E-state index in [1.165, 1.54) is 0 Å². The van der Waals surface area contributed by atoms with Crippen LogP contribution in [0.15, 0.2) is 42.5 Å². The molecule has 0 saturated heterocycles. The Bertz CT molecular complexity index is 665. The van der Waals surface area contributed by atoms with Gasteiger partial charge in [0.1, 0.15) is 0 Å². The third-order valence-corrected chi connectivity index (χ3v) is 2.48. The average Bonchev–Trinajstić information content (AvgIpc) is 2.82. The Kier molecular flexibility index (Phi) is 2.53. The molecule has 90 valence electrons. The molecule has 0 saturated carbocycles. The molecule has 0 atom stereocenters. The van der Waals surface area contributed by atoms with Crippen LogP contribution in [-0.4, -0.2) is 26.9 Å². The number of rotatable bonds is 3. The summed E-state index contributed by atoms with van der Waals surface area (Å²) in [4.78, 5) is 0. The Labute approximate surface area is 103 Å². The van der Waals surface area contributed by atoms with Crippen molar-refractivity contribution in [3.8, 4) is 5.88 Å². The Morgan fingerprint density at radius 3 is 2.67 bits per heavy atom. The summed E-state index contributed by atoms with van der Waals surface area (Å²) in [6.45, 7) is 0. The van der Waals surface area contributed by atoms with Gasteiger partial charge in [0.05, 0.1) is 7.11 Å². The van der Waals surface area contributed by atoms with Crippen LogP contribution in [-0.2, 0) is 0 Å². The van der Waals surface area contributed by atoms with Crippen LogP contribution in [0.3, 0.4) is 0 Å². The number of hydrogen-bond donors (Lipinski definition) is 1. The van der Waals surface area contributed by atoms with E-state index in [-0.39, 0.29) is 0 Å². The van der Waals surface area contributed by atoms with Crippen LogP contribution in [0.4, 0.5) is 11.6 Å². The zero-order chi connectivity index (χ0) is 12.4. The summed E-state index contributed by atoms with van der Waals surface area (Å²) in [5.74, 6) is 1.06. The van der Waals surface area contributed by atoms with E-state index in [2.05, 4.69) is 20.6 Å². The number of anilines is 2. The van der Waals surface area contributed by atoms with E-state index in [0.717, 1.165) is 5.69 Å². The molecule has 1 aromatic carbocycles. The number of ether oxygens (including phenoxy) is 1. The zero-order valence-electron chi connectivity index (χ0n) is 9.74. The molecule has 18 heavy (non-hydrogen) atoms. The summed E-state index contributed by atoms with van der Waals surface area (Å²) in [5.41, 5.74) is 1.59. The summed E-state index contributed by atoms with van der Waals surface area (Å²) in [6.07, 6.45) is 0. The van der Waals surface area contributed by atoms with Gasteiger partial charge in [0.15, 0.2) is 5.65 Å². The van der Waals surface area contributed by atoms with E-state index < -0.39 is 0 Å². The molecule has 0 aliphatic carbocycles. The second-order valence-electron chi connectivity index (χ2n) is 3.66. The van der Waals surface area contributed by atoms with Crippen LogP contribution < -0.4 is 10.1 Å². The smallest absolute Gasteiger partial charge is 0.250 e. The van der Waals surface area contributed by atoms with Gasteiger partial charge in [-0.2, -0.15) is 4.52 Å². The predicted molar refractivity (Wildman–Crippen MR) is 67.1 cm³/mol. The summed E-state index contributed by atoms with van der Waals surface area (Å²) in [5, 5.41) is 15.5. The third-order valence-electron chi connectivity index (χ3n) is 2.48. The lowest BCUT2D eigenvalue weighted by Gasteiger charge is -2.04. The first-order valence-corrected chi connectivity index (χ1v) is 5.45. The molecular formula is C12H11N5O. The first kappa shape index (κ1) is 10.5. The van der Waals surface area contributed by atoms with Crippen LogP contribution in [0.25, 0.3) is 5.65 Å². The molecule has 1 N–H and O–H groups in total. The van der Waals surface area contributed by atoms with Crippen molar-refractivity contribution in [3.05, 3.63) is 42.5 Å². The molecule has 6 nitrogen and oxygen atoms in total. The van der Waals surface area contributed by atoms with Crippen LogP contribution in [0.2, 0.25) is 0 Å². The number of fused-ring (bicyclic) bond motifs is 1. The van der Waals surface area contributed by atoms with Crippen LogP contribution in [0, 0.1) is 0 Å². The van der Waals surface area contributed by atoms with Gasteiger partial charge in [-0.05, 0) is 18.2 Å². The topological polar surface area (TPSA) is 64.3 Å². The van der Waals surface area contributed by atoms with Gasteiger partial charge in [0.2, 0.25) is 5.88 Å². The highest BCUT2D eigenvalue weighted by Gasteiger charge is 2.07. The molecule has 0 unspecified atom stereocenters. The fourth-order valence-corrected chi connectivity index (χ4v) is 1.61. The van der Waals surface area contributed by atoms with Crippen molar-refractivity contribution in [2.75, 3.05) is 12.4 Å². The van der Waals surface area contributed by atoms with Crippen molar-refractivity contribution in [3.63, 3.8) is 0 Å². The molecule has 0 aliphatic heterocycles. The van der Waals surface area contributed by atoms with E-state index in [4.69, 9.17) is 4.74 Å². The van der Waals surface area contributed by atoms with Gasteiger partial charge in [-0.3, -0.25) is 0 Å². The molecule has 0 radical (unpaired) electrons. The number of aromatic nitrogens is 4. The van der Waals surface area contributed by atoms with Crippen molar-refractivity contribution in [2.45, 2.75) is 0 Å². The minimum atomic E-state index is 0.512. The van der Waals surface area contributed by atoms with Crippen molar-refractivity contribution >= 4 is 17.3 Å². The second-order valence-corrected chi connectivity index (χ2v) is 3.66. The lowest BCUT2D eigenvalue weighted by molar-refractivity contribution is 0.390. The van der Waals surface area contributed by atoms with E-state index in [1.807, 2.05) is 30.3 Å². The summed E-state index contributed by atoms with van der Waals surface area (Å²) in [7, 11) is 1.57. The van der Waals surface area contributed by atoms with E-state index in [9.17, 15) is 0 Å². The molecule has 0 aliphatic rings. The summed E-state index contributed by atoms with van der Waals surface area (Å²) < 4.78 is 6.68. The number of nitrogens with one attached hydrogen (secondary N) is 1. The molecule has 3 aromatic rings. The number of hydrogen-bond acceptors (Lipinski definition) is 5. The molecule has 0 amide bonds. The molecular weight excluding hydrogens is 230 g/mol. The number of methoxy groups -OCH3 is 1. The van der Waals surface area contributed by atoms with Gasteiger partial charge in [0.25, 0.3) is 5.95 Å². The van der Waals surface area contributed by atoms with Crippen LogP contribution >= 0.6 is 0 Å². The lowest BCUT2D eigenvalue weighted by atomic mass is 10.3. The average molecular weight is 241 g/mol. The SMILES string of the molecule is COc1ccc2nnc(Nc3ccccc3)n2n1. The molecule has 0 fully saturated rings. The zero-order valence-corrected chi connectivity index (χ0v) is 9.74. The van der Waals surface area contributed by atoms with Gasteiger partial charge in [0, 0.05) is 11.8 Å². The van der Waals surface area contributed by atoms with E-state index in [0.29, 0.717) is 17.5 Å². The molecule has 2 aromatic heterocycles. The first-order valence-electron chi connectivity index (χ1n) is 5.45. The van der Waals surface area contributed by atoms with Crippen LogP contribution in [0.5, 0.6) is 5.88 Å². The summed E-state index contributed by atoms with van der Waals surface area (Å²) >= 11 is 0. The number of benzene rings is 1. The molecule has 0 spiro atoms. The normalized spacial score (nSPS) is 10.5. The quantitative estimate of drug-likeness (QED) is 0.758. The van der Waals surface area contributed by atoms with E-state index in [1.54, 1.807) is 23.8 Å². The van der Waals surface area contributed by atoms with E-state index >= 15 is 0 Å². The Morgan fingerprint density at radius 2 is 1.89 bits per heavy atom. The van der Waals surface area contributed by atoms with Gasteiger partial charge in [-0.15, -0.1) is 15.3 Å². The first-order chi connectivity index (χ1) is 8.86. The van der Waals surface area contributed by atoms with Crippen LogP contribution in [0.1, 0.15) is 0 Å². The second kappa shape index (κ2) is 4.33. The minimum Gasteiger partial charge on any atom is -0.480 e. The third kappa shape index (κ3) is 1.84. The Balaban J connectivity index is 2.01. The predicted octanol–water partition coefficient (Wildman–Crippen LogP) is 1.88. The summed E-state index contributed by atoms with van der Waals surface area (Å²) in [6, 6.07) is 13.3. The maximum absolute atomic E-state index is 5.08. The minimum absolute atomic E-state index is 0.512. The van der Waals surface area contributed by atoms with Crippen molar-refractivity contribution in [1.29, 1.82) is 0 Å². The monoisotopic (exact) mass is 241 g/mol. The van der Waals surface area contributed by atoms with Gasteiger partial charge in [-0.1, -0.05) is 18.2 Å². The fraction of sp³-hybridized carbons (Fsp3) is 0.0833. The van der Waals surface area contributed by atoms with Crippen molar-refractivity contribution < 1.29 is 4.74 Å². The molecule has 3 rings (SSSR count). The number of para-hydroxylation sites is 1. The number of nitrogens with zero attached hydrogens (tertiary/aromatic N) is 4. The Morgan fingerprint density at radius 1 is 1.06 bits per heavy atom. The Hall–Kier alpha value is -2.63. The highest BCUT2D eigenvalue weighted by atomic mass is 16.5.